The Balaban J connectivity index is 2.31. The first-order valence-corrected chi connectivity index (χ1v) is 7.97. The molecule has 108 valence electrons. The lowest BCUT2D eigenvalue weighted by molar-refractivity contribution is 0.899. The average Bonchev–Trinajstić information content (AvgIpc) is 2.84. The lowest BCUT2D eigenvalue weighted by Gasteiger charge is -2.13. The van der Waals surface area contributed by atoms with Crippen molar-refractivity contribution >= 4 is 34.2 Å². The van der Waals surface area contributed by atoms with Crippen LogP contribution in [0.4, 0.5) is 0 Å². The van der Waals surface area contributed by atoms with Crippen LogP contribution in [0.3, 0.4) is 0 Å². The molecule has 21 heavy (non-hydrogen) atoms. The van der Waals surface area contributed by atoms with E-state index in [1.54, 1.807) is 0 Å². The van der Waals surface area contributed by atoms with Crippen molar-refractivity contribution in [2.45, 2.75) is 19.8 Å². The van der Waals surface area contributed by atoms with Crippen LogP contribution in [0.2, 0.25) is 5.02 Å². The van der Waals surface area contributed by atoms with E-state index in [9.17, 15) is 0 Å². The van der Waals surface area contributed by atoms with E-state index in [-0.39, 0.29) is 0 Å². The number of imidazole rings is 1. The van der Waals surface area contributed by atoms with Crippen molar-refractivity contribution in [3.05, 3.63) is 58.9 Å². The molecule has 2 aromatic carbocycles. The molecule has 0 fully saturated rings. The van der Waals surface area contributed by atoms with Crippen LogP contribution < -0.4 is 0 Å². The number of benzene rings is 2. The van der Waals surface area contributed by atoms with Crippen molar-refractivity contribution in [3.8, 4) is 5.69 Å². The van der Waals surface area contributed by atoms with E-state index in [2.05, 4.69) is 35.8 Å². The minimum atomic E-state index is 0.547. The third-order valence-corrected chi connectivity index (χ3v) is 4.04. The third-order valence-electron chi connectivity index (χ3n) is 3.62. The highest BCUT2D eigenvalue weighted by Gasteiger charge is 2.14. The summed E-state index contributed by atoms with van der Waals surface area (Å²) in [4.78, 5) is 4.71. The first kappa shape index (κ1) is 14.4. The average molecular weight is 319 g/mol. The highest BCUT2D eigenvalue weighted by Crippen LogP contribution is 2.26. The molecule has 0 saturated carbocycles. The molecule has 0 unspecified atom stereocenters. The summed E-state index contributed by atoms with van der Waals surface area (Å²) in [5.41, 5.74) is 4.45. The Morgan fingerprint density at radius 1 is 1.14 bits per heavy atom. The van der Waals surface area contributed by atoms with Crippen LogP contribution in [-0.2, 0) is 12.8 Å². The monoisotopic (exact) mass is 318 g/mol. The Hall–Kier alpha value is -1.51. The highest BCUT2D eigenvalue weighted by atomic mass is 35.5. The first-order valence-electron chi connectivity index (χ1n) is 7.05. The van der Waals surface area contributed by atoms with Gasteiger partial charge in [0.25, 0.3) is 0 Å². The van der Waals surface area contributed by atoms with Crippen LogP contribution >= 0.6 is 23.2 Å². The number of nitrogens with zero attached hydrogens (tertiary/aromatic N) is 2. The highest BCUT2D eigenvalue weighted by molar-refractivity contribution is 6.31. The fourth-order valence-corrected chi connectivity index (χ4v) is 2.99. The number of rotatable bonds is 4. The summed E-state index contributed by atoms with van der Waals surface area (Å²) >= 11 is 12.0. The molecule has 4 heteroatoms. The van der Waals surface area contributed by atoms with Gasteiger partial charge in [0.05, 0.1) is 16.7 Å². The molecule has 1 heterocycles. The lowest BCUT2D eigenvalue weighted by Crippen LogP contribution is -2.04. The summed E-state index contributed by atoms with van der Waals surface area (Å²) in [6.45, 7) is 2.16. The standard InChI is InChI=1S/C17H16Cl2N2/c1-2-12-5-3-4-6-15(12)21-16-8-7-13(19)11-14(16)20-17(21)9-10-18/h3-8,11H,2,9-10H2,1H3. The molecule has 0 atom stereocenters. The van der Waals surface area contributed by atoms with Crippen LogP contribution in [0.15, 0.2) is 42.5 Å². The Labute approximate surface area is 134 Å². The molecule has 0 aliphatic carbocycles. The molecule has 0 saturated heterocycles. The normalized spacial score (nSPS) is 11.2. The van der Waals surface area contributed by atoms with E-state index < -0.39 is 0 Å². The number of halogens is 2. The molecule has 2 nitrogen and oxygen atoms in total. The van der Waals surface area contributed by atoms with Crippen molar-refractivity contribution in [3.63, 3.8) is 0 Å². The molecular formula is C17H16Cl2N2. The largest absolute Gasteiger partial charge is 0.296 e. The van der Waals surface area contributed by atoms with Gasteiger partial charge in [0.1, 0.15) is 5.82 Å². The zero-order chi connectivity index (χ0) is 14.8. The maximum atomic E-state index is 6.09. The summed E-state index contributed by atoms with van der Waals surface area (Å²) in [6.07, 6.45) is 1.70. The van der Waals surface area contributed by atoms with Crippen molar-refractivity contribution < 1.29 is 0 Å². The second kappa shape index (κ2) is 6.08. The van der Waals surface area contributed by atoms with E-state index in [1.807, 2.05) is 18.2 Å². The van der Waals surface area contributed by atoms with Crippen LogP contribution in [0.1, 0.15) is 18.3 Å². The fraction of sp³-hybridized carbons (Fsp3) is 0.235. The first-order chi connectivity index (χ1) is 10.2. The number of hydrogen-bond acceptors (Lipinski definition) is 1. The molecule has 0 spiro atoms. The third kappa shape index (κ3) is 2.66. The minimum absolute atomic E-state index is 0.547. The smallest absolute Gasteiger partial charge is 0.115 e. The summed E-state index contributed by atoms with van der Waals surface area (Å²) in [6, 6.07) is 14.2. The summed E-state index contributed by atoms with van der Waals surface area (Å²) < 4.78 is 2.20. The Kier molecular flexibility index (Phi) is 4.18. The van der Waals surface area contributed by atoms with Gasteiger partial charge < -0.3 is 0 Å². The van der Waals surface area contributed by atoms with Crippen LogP contribution in [0, 0.1) is 0 Å². The molecule has 0 amide bonds. The summed E-state index contributed by atoms with van der Waals surface area (Å²) in [5.74, 6) is 1.52. The molecule has 1 aromatic heterocycles. The Morgan fingerprint density at radius 3 is 2.71 bits per heavy atom. The molecule has 3 aromatic rings. The topological polar surface area (TPSA) is 17.8 Å². The predicted molar refractivity (Wildman–Crippen MR) is 89.9 cm³/mol. The second-order valence-electron chi connectivity index (χ2n) is 4.92. The molecule has 3 rings (SSSR count). The number of aryl methyl sites for hydroxylation is 2. The van der Waals surface area contributed by atoms with Gasteiger partial charge in [-0.15, -0.1) is 11.6 Å². The molecule has 0 aliphatic rings. The van der Waals surface area contributed by atoms with Crippen molar-refractivity contribution in [1.82, 2.24) is 9.55 Å². The molecule has 0 bridgehead atoms. The van der Waals surface area contributed by atoms with Crippen LogP contribution in [-0.4, -0.2) is 15.4 Å². The van der Waals surface area contributed by atoms with Gasteiger partial charge in [-0.05, 0) is 36.2 Å². The van der Waals surface area contributed by atoms with Crippen LogP contribution in [0.5, 0.6) is 0 Å². The van der Waals surface area contributed by atoms with Gasteiger partial charge in [0.15, 0.2) is 0 Å². The Bertz CT molecular complexity index is 778. The van der Waals surface area contributed by atoms with E-state index in [1.165, 1.54) is 11.3 Å². The van der Waals surface area contributed by atoms with E-state index in [0.717, 1.165) is 29.7 Å². The second-order valence-corrected chi connectivity index (χ2v) is 5.73. The minimum Gasteiger partial charge on any atom is -0.296 e. The van der Waals surface area contributed by atoms with E-state index >= 15 is 0 Å². The maximum Gasteiger partial charge on any atom is 0.115 e. The maximum absolute atomic E-state index is 6.09. The van der Waals surface area contributed by atoms with Crippen molar-refractivity contribution in [1.29, 1.82) is 0 Å². The van der Waals surface area contributed by atoms with E-state index in [0.29, 0.717) is 10.9 Å². The zero-order valence-corrected chi connectivity index (χ0v) is 13.3. The van der Waals surface area contributed by atoms with Gasteiger partial charge in [-0.3, -0.25) is 4.57 Å². The lowest BCUT2D eigenvalue weighted by atomic mass is 10.1. The number of para-hydroxylation sites is 1. The quantitative estimate of drug-likeness (QED) is 0.617. The molecular weight excluding hydrogens is 303 g/mol. The van der Waals surface area contributed by atoms with Crippen molar-refractivity contribution in [2.75, 3.05) is 5.88 Å². The fourth-order valence-electron chi connectivity index (χ4n) is 2.65. The molecule has 0 aliphatic heterocycles. The van der Waals surface area contributed by atoms with Crippen LogP contribution in [0.25, 0.3) is 16.7 Å². The summed E-state index contributed by atoms with van der Waals surface area (Å²) in [5, 5.41) is 0.702. The summed E-state index contributed by atoms with van der Waals surface area (Å²) in [7, 11) is 0. The zero-order valence-electron chi connectivity index (χ0n) is 11.8. The predicted octanol–water partition coefficient (Wildman–Crippen LogP) is 5.02. The van der Waals surface area contributed by atoms with Gasteiger partial charge in [0, 0.05) is 17.3 Å². The van der Waals surface area contributed by atoms with Gasteiger partial charge >= 0.3 is 0 Å². The number of hydrogen-bond donors (Lipinski definition) is 0. The number of fused-ring (bicyclic) bond motifs is 1. The number of aromatic nitrogens is 2. The van der Waals surface area contributed by atoms with Gasteiger partial charge in [-0.2, -0.15) is 0 Å². The van der Waals surface area contributed by atoms with Gasteiger partial charge in [-0.1, -0.05) is 36.7 Å². The van der Waals surface area contributed by atoms with Gasteiger partial charge in [-0.25, -0.2) is 4.98 Å². The molecule has 0 radical (unpaired) electrons. The van der Waals surface area contributed by atoms with Crippen molar-refractivity contribution in [2.24, 2.45) is 0 Å². The number of alkyl halides is 1. The Morgan fingerprint density at radius 2 is 1.95 bits per heavy atom. The SMILES string of the molecule is CCc1ccccc1-n1c(CCCl)nc2cc(Cl)ccc21. The van der Waals surface area contributed by atoms with Gasteiger partial charge in [0.2, 0.25) is 0 Å². The molecule has 0 N–H and O–H groups in total. The van der Waals surface area contributed by atoms with E-state index in [4.69, 9.17) is 28.2 Å².